The van der Waals surface area contributed by atoms with Crippen molar-refractivity contribution in [2.75, 3.05) is 40.9 Å². The van der Waals surface area contributed by atoms with Crippen molar-refractivity contribution in [1.82, 2.24) is 5.32 Å². The van der Waals surface area contributed by atoms with Crippen LogP contribution in [0.4, 0.5) is 0 Å². The van der Waals surface area contributed by atoms with E-state index < -0.39 is 20.0 Å². The summed E-state index contributed by atoms with van der Waals surface area (Å²) in [5.41, 5.74) is 0. The highest BCUT2D eigenvalue weighted by atomic mass is 31.2. The Bertz CT molecular complexity index is 614. The second-order valence-corrected chi connectivity index (χ2v) is 13.2. The molecule has 0 saturated carbocycles. The standard InChI is InChI=1S/C29H61N2O6P/c1-6-8-10-12-14-15-16-17-19-21-23-29(33)30-27(28(32)22-20-18-13-11-9-7-2)26-37-38(34,35)36-25-24-31(3,4)5/h27-28,32H,6-26H2,1-5H3,(H-,30,33,34,35). The van der Waals surface area contributed by atoms with E-state index in [-0.39, 0.29) is 19.1 Å². The minimum absolute atomic E-state index is 0.0142. The number of unbranched alkanes of at least 4 members (excludes halogenated alkanes) is 14. The number of nitrogens with zero attached hydrogens (tertiary/aromatic N) is 1. The number of hydrogen-bond donors (Lipinski definition) is 2. The van der Waals surface area contributed by atoms with Crippen molar-refractivity contribution in [3.05, 3.63) is 0 Å². The van der Waals surface area contributed by atoms with Crippen LogP contribution in [0.15, 0.2) is 0 Å². The molecule has 0 saturated heterocycles. The summed E-state index contributed by atoms with van der Waals surface area (Å²) < 4.78 is 22.9. The zero-order valence-corrected chi connectivity index (χ0v) is 26.3. The lowest BCUT2D eigenvalue weighted by Crippen LogP contribution is -2.46. The Labute approximate surface area is 234 Å². The van der Waals surface area contributed by atoms with Gasteiger partial charge in [-0.1, -0.05) is 110 Å². The quantitative estimate of drug-likeness (QED) is 0.0709. The van der Waals surface area contributed by atoms with Crippen molar-refractivity contribution in [2.24, 2.45) is 0 Å². The van der Waals surface area contributed by atoms with E-state index >= 15 is 0 Å². The predicted octanol–water partition coefficient (Wildman–Crippen LogP) is 6.10. The summed E-state index contributed by atoms with van der Waals surface area (Å²) in [6.07, 6.45) is 18.4. The molecule has 3 unspecified atom stereocenters. The van der Waals surface area contributed by atoms with Crippen LogP contribution in [0.25, 0.3) is 0 Å². The summed E-state index contributed by atoms with van der Waals surface area (Å²) in [7, 11) is 1.30. The number of nitrogens with one attached hydrogen (secondary N) is 1. The monoisotopic (exact) mass is 564 g/mol. The number of quaternary nitrogens is 1. The van der Waals surface area contributed by atoms with Crippen LogP contribution in [-0.2, 0) is 18.4 Å². The van der Waals surface area contributed by atoms with Gasteiger partial charge in [-0.2, -0.15) is 0 Å². The van der Waals surface area contributed by atoms with Gasteiger partial charge in [0.05, 0.1) is 39.9 Å². The molecule has 38 heavy (non-hydrogen) atoms. The minimum Gasteiger partial charge on any atom is -0.756 e. The molecule has 228 valence electrons. The van der Waals surface area contributed by atoms with Crippen molar-refractivity contribution < 1.29 is 32.9 Å². The molecule has 1 amide bonds. The first kappa shape index (κ1) is 37.5. The zero-order valence-electron chi connectivity index (χ0n) is 25.4. The molecule has 0 aliphatic carbocycles. The van der Waals surface area contributed by atoms with Crippen LogP contribution >= 0.6 is 7.82 Å². The van der Waals surface area contributed by atoms with E-state index in [2.05, 4.69) is 19.2 Å². The van der Waals surface area contributed by atoms with E-state index in [4.69, 9.17) is 9.05 Å². The molecule has 0 heterocycles. The third kappa shape index (κ3) is 24.5. The van der Waals surface area contributed by atoms with Crippen LogP contribution in [0.3, 0.4) is 0 Å². The second kappa shape index (κ2) is 23.2. The maximum Gasteiger partial charge on any atom is 0.268 e. The molecule has 0 fully saturated rings. The van der Waals surface area contributed by atoms with Crippen LogP contribution in [-0.4, -0.2) is 68.5 Å². The third-order valence-electron chi connectivity index (χ3n) is 6.85. The van der Waals surface area contributed by atoms with E-state index in [0.717, 1.165) is 38.5 Å². The summed E-state index contributed by atoms with van der Waals surface area (Å²) in [6, 6.07) is -0.787. The number of rotatable bonds is 27. The number of carbonyl (C=O) groups excluding carboxylic acids is 1. The van der Waals surface area contributed by atoms with Crippen LogP contribution in [0.5, 0.6) is 0 Å². The van der Waals surface area contributed by atoms with Crippen LogP contribution in [0.1, 0.15) is 129 Å². The van der Waals surface area contributed by atoms with Gasteiger partial charge in [0.25, 0.3) is 7.82 Å². The third-order valence-corrected chi connectivity index (χ3v) is 7.81. The molecule has 0 aliphatic rings. The van der Waals surface area contributed by atoms with Gasteiger partial charge < -0.3 is 28.8 Å². The number of amides is 1. The zero-order chi connectivity index (χ0) is 28.7. The summed E-state index contributed by atoms with van der Waals surface area (Å²) in [6.45, 7) is 4.60. The second-order valence-electron chi connectivity index (χ2n) is 11.8. The fourth-order valence-corrected chi connectivity index (χ4v) is 4.99. The van der Waals surface area contributed by atoms with E-state index in [0.29, 0.717) is 23.9 Å². The Balaban J connectivity index is 4.53. The summed E-state index contributed by atoms with van der Waals surface area (Å²) in [5.74, 6) is -0.174. The highest BCUT2D eigenvalue weighted by Crippen LogP contribution is 2.38. The predicted molar refractivity (Wildman–Crippen MR) is 155 cm³/mol. The molecule has 0 bridgehead atoms. The molecule has 2 N–H and O–H groups in total. The Morgan fingerprint density at radius 2 is 1.29 bits per heavy atom. The normalized spacial score (nSPS) is 15.2. The molecule has 0 radical (unpaired) electrons. The van der Waals surface area contributed by atoms with Gasteiger partial charge in [0.1, 0.15) is 13.2 Å². The first-order valence-electron chi connectivity index (χ1n) is 15.4. The number of hydrogen-bond acceptors (Lipinski definition) is 6. The fourth-order valence-electron chi connectivity index (χ4n) is 4.27. The Morgan fingerprint density at radius 3 is 1.79 bits per heavy atom. The van der Waals surface area contributed by atoms with Gasteiger partial charge in [-0.3, -0.25) is 9.36 Å². The van der Waals surface area contributed by atoms with Crippen LogP contribution in [0, 0.1) is 0 Å². The number of carbonyl (C=O) groups is 1. The van der Waals surface area contributed by atoms with E-state index in [9.17, 15) is 19.4 Å². The van der Waals surface area contributed by atoms with Crippen LogP contribution < -0.4 is 10.2 Å². The summed E-state index contributed by atoms with van der Waals surface area (Å²) in [5, 5.41) is 13.6. The Kier molecular flexibility index (Phi) is 22.9. The van der Waals surface area contributed by atoms with Gasteiger partial charge in [0, 0.05) is 6.42 Å². The highest BCUT2D eigenvalue weighted by Gasteiger charge is 2.24. The van der Waals surface area contributed by atoms with Crippen molar-refractivity contribution >= 4 is 13.7 Å². The molecule has 0 aliphatic heterocycles. The Hall–Kier alpha value is -0.500. The molecule has 0 aromatic rings. The van der Waals surface area contributed by atoms with Crippen molar-refractivity contribution in [3.8, 4) is 0 Å². The maximum atomic E-state index is 12.6. The largest absolute Gasteiger partial charge is 0.756 e. The molecule has 9 heteroatoms. The number of aliphatic hydroxyl groups excluding tert-OH is 1. The molecule has 0 aromatic heterocycles. The van der Waals surface area contributed by atoms with Gasteiger partial charge in [0.2, 0.25) is 5.91 Å². The van der Waals surface area contributed by atoms with Crippen molar-refractivity contribution in [3.63, 3.8) is 0 Å². The number of phosphoric ester groups is 1. The lowest BCUT2D eigenvalue weighted by atomic mass is 10.0. The molecule has 8 nitrogen and oxygen atoms in total. The van der Waals surface area contributed by atoms with Gasteiger partial charge in [0.15, 0.2) is 0 Å². The molecule has 0 aromatic carbocycles. The summed E-state index contributed by atoms with van der Waals surface area (Å²) in [4.78, 5) is 24.8. The first-order chi connectivity index (χ1) is 18.0. The van der Waals surface area contributed by atoms with Gasteiger partial charge in [-0.15, -0.1) is 0 Å². The number of phosphoric acid groups is 1. The fraction of sp³-hybridized carbons (Fsp3) is 0.966. The maximum absolute atomic E-state index is 12.6. The Morgan fingerprint density at radius 1 is 0.816 bits per heavy atom. The molecule has 0 spiro atoms. The van der Waals surface area contributed by atoms with Crippen molar-refractivity contribution in [1.29, 1.82) is 0 Å². The number of aliphatic hydroxyl groups is 1. The molecule has 3 atom stereocenters. The molecular weight excluding hydrogens is 503 g/mol. The van der Waals surface area contributed by atoms with Gasteiger partial charge >= 0.3 is 0 Å². The van der Waals surface area contributed by atoms with Crippen molar-refractivity contribution in [2.45, 2.75) is 142 Å². The average molecular weight is 565 g/mol. The van der Waals surface area contributed by atoms with E-state index in [1.54, 1.807) is 0 Å². The summed E-state index contributed by atoms with van der Waals surface area (Å²) >= 11 is 0. The average Bonchev–Trinajstić information content (AvgIpc) is 2.84. The SMILES string of the molecule is CCCCCCCCCCCCC(=O)NC(COP(=O)([O-])OCC[N+](C)(C)C)C(O)CCCCCCCC. The highest BCUT2D eigenvalue weighted by molar-refractivity contribution is 7.45. The van der Waals surface area contributed by atoms with Gasteiger partial charge in [-0.05, 0) is 12.8 Å². The van der Waals surface area contributed by atoms with Crippen LogP contribution in [0.2, 0.25) is 0 Å². The van der Waals surface area contributed by atoms with E-state index in [1.165, 1.54) is 64.2 Å². The molecule has 0 rings (SSSR count). The van der Waals surface area contributed by atoms with E-state index in [1.807, 2.05) is 21.1 Å². The van der Waals surface area contributed by atoms with Gasteiger partial charge in [-0.25, -0.2) is 0 Å². The topological polar surface area (TPSA) is 108 Å². The molecular formula is C29H61N2O6P. The lowest BCUT2D eigenvalue weighted by molar-refractivity contribution is -0.870. The first-order valence-corrected chi connectivity index (χ1v) is 16.8. The minimum atomic E-state index is -4.53. The number of likely N-dealkylation sites (N-methyl/N-ethyl adjacent to an activating group) is 1. The smallest absolute Gasteiger partial charge is 0.268 e. The lowest BCUT2D eigenvalue weighted by Gasteiger charge is -2.30.